The van der Waals surface area contributed by atoms with Crippen molar-refractivity contribution >= 4 is 34.4 Å². The van der Waals surface area contributed by atoms with Crippen LogP contribution in [-0.4, -0.2) is 4.98 Å². The highest BCUT2D eigenvalue weighted by Gasteiger charge is 2.01. The van der Waals surface area contributed by atoms with Gasteiger partial charge in [0.25, 0.3) is 0 Å². The number of benzene rings is 3. The lowest BCUT2D eigenvalue weighted by Gasteiger charge is -2.09. The summed E-state index contributed by atoms with van der Waals surface area (Å²) in [4.78, 5) is 4.40. The van der Waals surface area contributed by atoms with Crippen molar-refractivity contribution in [1.29, 1.82) is 0 Å². The number of rotatable bonds is 4. The number of fused-ring (bicyclic) bond motifs is 1. The number of nitrogens with zero attached hydrogens (tertiary/aromatic N) is 1. The standard InChI is InChI=1S/C23H18N2/c1-2-6-18(7-3-1)10-11-19-12-14-20(15-13-19)25-23-16-17-24-22-9-5-4-8-21(22)23/h1-17H,(H,24,25)/b11-10+. The third-order valence-electron chi connectivity index (χ3n) is 4.11. The van der Waals surface area contributed by atoms with Gasteiger partial charge in [0.1, 0.15) is 0 Å². The molecule has 1 heterocycles. The van der Waals surface area contributed by atoms with Gasteiger partial charge in [0.15, 0.2) is 0 Å². The fourth-order valence-electron chi connectivity index (χ4n) is 2.79. The molecule has 0 amide bonds. The van der Waals surface area contributed by atoms with Crippen molar-refractivity contribution in [2.45, 2.75) is 0 Å². The Morgan fingerprint density at radius 2 is 1.32 bits per heavy atom. The van der Waals surface area contributed by atoms with E-state index in [1.54, 1.807) is 0 Å². The molecule has 0 atom stereocenters. The molecule has 0 saturated carbocycles. The highest BCUT2D eigenvalue weighted by Crippen LogP contribution is 2.25. The minimum Gasteiger partial charge on any atom is -0.355 e. The Morgan fingerprint density at radius 3 is 2.12 bits per heavy atom. The van der Waals surface area contributed by atoms with Gasteiger partial charge in [0, 0.05) is 23.0 Å². The minimum atomic E-state index is 0.995. The highest BCUT2D eigenvalue weighted by atomic mass is 14.9. The van der Waals surface area contributed by atoms with Crippen molar-refractivity contribution < 1.29 is 0 Å². The lowest BCUT2D eigenvalue weighted by molar-refractivity contribution is 1.40. The van der Waals surface area contributed by atoms with Crippen molar-refractivity contribution in [2.75, 3.05) is 5.32 Å². The number of aromatic nitrogens is 1. The Morgan fingerprint density at radius 1 is 0.640 bits per heavy atom. The van der Waals surface area contributed by atoms with E-state index in [0.29, 0.717) is 0 Å². The summed E-state index contributed by atoms with van der Waals surface area (Å²) in [5.41, 5.74) is 5.50. The summed E-state index contributed by atoms with van der Waals surface area (Å²) in [5.74, 6) is 0. The fourth-order valence-corrected chi connectivity index (χ4v) is 2.79. The number of hydrogen-bond acceptors (Lipinski definition) is 2. The summed E-state index contributed by atoms with van der Waals surface area (Å²) in [6.07, 6.45) is 6.08. The smallest absolute Gasteiger partial charge is 0.0722 e. The molecule has 0 aliphatic carbocycles. The molecule has 120 valence electrons. The molecule has 4 aromatic rings. The lowest BCUT2D eigenvalue weighted by Crippen LogP contribution is -1.92. The van der Waals surface area contributed by atoms with Crippen molar-refractivity contribution in [3.63, 3.8) is 0 Å². The summed E-state index contributed by atoms with van der Waals surface area (Å²) in [6, 6.07) is 28.9. The second-order valence-electron chi connectivity index (χ2n) is 5.87. The van der Waals surface area contributed by atoms with E-state index >= 15 is 0 Å². The first-order valence-corrected chi connectivity index (χ1v) is 8.32. The minimum absolute atomic E-state index is 0.995. The zero-order chi connectivity index (χ0) is 16.9. The molecule has 1 N–H and O–H groups in total. The van der Waals surface area contributed by atoms with Gasteiger partial charge < -0.3 is 5.32 Å². The predicted octanol–water partition coefficient (Wildman–Crippen LogP) is 6.15. The van der Waals surface area contributed by atoms with Crippen LogP contribution < -0.4 is 5.32 Å². The summed E-state index contributed by atoms with van der Waals surface area (Å²) in [5, 5.41) is 4.61. The van der Waals surface area contributed by atoms with Crippen LogP contribution in [-0.2, 0) is 0 Å². The topological polar surface area (TPSA) is 24.9 Å². The molecular weight excluding hydrogens is 304 g/mol. The van der Waals surface area contributed by atoms with E-state index in [1.165, 1.54) is 11.1 Å². The first-order chi connectivity index (χ1) is 12.4. The molecule has 0 aliphatic rings. The largest absolute Gasteiger partial charge is 0.355 e. The van der Waals surface area contributed by atoms with E-state index in [4.69, 9.17) is 0 Å². The maximum absolute atomic E-state index is 4.40. The van der Waals surface area contributed by atoms with Crippen LogP contribution in [0, 0.1) is 0 Å². The molecule has 0 radical (unpaired) electrons. The maximum atomic E-state index is 4.40. The number of pyridine rings is 1. The van der Waals surface area contributed by atoms with Gasteiger partial charge in [-0.2, -0.15) is 0 Å². The Bertz CT molecular complexity index is 998. The molecule has 2 heteroatoms. The molecule has 2 nitrogen and oxygen atoms in total. The molecule has 25 heavy (non-hydrogen) atoms. The van der Waals surface area contributed by atoms with Gasteiger partial charge in [-0.05, 0) is 35.4 Å². The van der Waals surface area contributed by atoms with E-state index in [-0.39, 0.29) is 0 Å². The van der Waals surface area contributed by atoms with Gasteiger partial charge in [-0.3, -0.25) is 4.98 Å². The summed E-state index contributed by atoms with van der Waals surface area (Å²) in [7, 11) is 0. The van der Waals surface area contributed by atoms with Crippen molar-refractivity contribution in [1.82, 2.24) is 4.98 Å². The van der Waals surface area contributed by atoms with Crippen molar-refractivity contribution in [3.05, 3.63) is 102 Å². The van der Waals surface area contributed by atoms with Gasteiger partial charge in [-0.25, -0.2) is 0 Å². The second kappa shape index (κ2) is 7.02. The number of para-hydroxylation sites is 1. The molecular formula is C23H18N2. The fraction of sp³-hybridized carbons (Fsp3) is 0. The first kappa shape index (κ1) is 15.2. The van der Waals surface area contributed by atoms with Gasteiger partial charge in [-0.1, -0.05) is 72.8 Å². The number of nitrogens with one attached hydrogen (secondary N) is 1. The molecule has 0 aliphatic heterocycles. The monoisotopic (exact) mass is 322 g/mol. The summed E-state index contributed by atoms with van der Waals surface area (Å²) in [6.45, 7) is 0. The van der Waals surface area contributed by atoms with Crippen LogP contribution >= 0.6 is 0 Å². The van der Waals surface area contributed by atoms with E-state index in [1.807, 2.05) is 48.7 Å². The lowest BCUT2D eigenvalue weighted by atomic mass is 10.1. The Labute approximate surface area is 147 Å². The van der Waals surface area contributed by atoms with E-state index in [9.17, 15) is 0 Å². The summed E-state index contributed by atoms with van der Waals surface area (Å²) < 4.78 is 0. The Balaban J connectivity index is 1.53. The average Bonchev–Trinajstić information content (AvgIpc) is 2.69. The average molecular weight is 322 g/mol. The molecule has 3 aromatic carbocycles. The van der Waals surface area contributed by atoms with Crippen LogP contribution in [0.3, 0.4) is 0 Å². The number of hydrogen-bond donors (Lipinski definition) is 1. The van der Waals surface area contributed by atoms with Gasteiger partial charge in [0.05, 0.1) is 5.52 Å². The first-order valence-electron chi connectivity index (χ1n) is 8.32. The molecule has 0 fully saturated rings. The third-order valence-corrected chi connectivity index (χ3v) is 4.11. The zero-order valence-corrected chi connectivity index (χ0v) is 13.8. The Hall–Kier alpha value is -3.39. The molecule has 0 bridgehead atoms. The van der Waals surface area contributed by atoms with E-state index in [2.05, 4.69) is 64.9 Å². The quantitative estimate of drug-likeness (QED) is 0.456. The summed E-state index contributed by atoms with van der Waals surface area (Å²) >= 11 is 0. The van der Waals surface area contributed by atoms with Crippen LogP contribution in [0.1, 0.15) is 11.1 Å². The molecule has 0 saturated heterocycles. The van der Waals surface area contributed by atoms with Crippen molar-refractivity contribution in [3.8, 4) is 0 Å². The van der Waals surface area contributed by atoms with Gasteiger partial charge in [0.2, 0.25) is 0 Å². The van der Waals surface area contributed by atoms with Crippen LogP contribution in [0.4, 0.5) is 11.4 Å². The molecule has 1 aromatic heterocycles. The van der Waals surface area contributed by atoms with Crippen LogP contribution in [0.5, 0.6) is 0 Å². The van der Waals surface area contributed by atoms with Gasteiger partial charge in [-0.15, -0.1) is 0 Å². The van der Waals surface area contributed by atoms with E-state index in [0.717, 1.165) is 22.3 Å². The SMILES string of the molecule is C(=C\c1ccc(Nc2ccnc3ccccc23)cc1)/c1ccccc1. The molecule has 4 rings (SSSR count). The van der Waals surface area contributed by atoms with Crippen LogP contribution in [0.25, 0.3) is 23.1 Å². The predicted molar refractivity (Wildman–Crippen MR) is 107 cm³/mol. The highest BCUT2D eigenvalue weighted by molar-refractivity contribution is 5.92. The van der Waals surface area contributed by atoms with Crippen LogP contribution in [0.15, 0.2) is 91.1 Å². The van der Waals surface area contributed by atoms with E-state index < -0.39 is 0 Å². The second-order valence-corrected chi connectivity index (χ2v) is 5.87. The maximum Gasteiger partial charge on any atom is 0.0722 e. The van der Waals surface area contributed by atoms with Gasteiger partial charge >= 0.3 is 0 Å². The Kier molecular flexibility index (Phi) is 4.25. The number of anilines is 2. The van der Waals surface area contributed by atoms with Crippen LogP contribution in [0.2, 0.25) is 0 Å². The molecule has 0 spiro atoms. The van der Waals surface area contributed by atoms with Crippen molar-refractivity contribution in [2.24, 2.45) is 0 Å². The zero-order valence-electron chi connectivity index (χ0n) is 13.8. The normalized spacial score (nSPS) is 11.0. The molecule has 0 unspecified atom stereocenters. The third kappa shape index (κ3) is 3.59.